The molecule has 0 spiro atoms. The Morgan fingerprint density at radius 1 is 1.07 bits per heavy atom. The van der Waals surface area contributed by atoms with E-state index in [0.29, 0.717) is 12.2 Å². The molecule has 0 fully saturated rings. The smallest absolute Gasteiger partial charge is 0.319 e. The van der Waals surface area contributed by atoms with Crippen LogP contribution in [-0.2, 0) is 12.5 Å². The first kappa shape index (κ1) is 18.7. The molecule has 5 heteroatoms. The van der Waals surface area contributed by atoms with E-state index in [0.717, 1.165) is 11.1 Å². The van der Waals surface area contributed by atoms with Gasteiger partial charge in [0.25, 0.3) is 5.56 Å². The average Bonchev–Trinajstić information content (AvgIpc) is 2.66. The van der Waals surface area contributed by atoms with Crippen LogP contribution in [0.25, 0.3) is 10.8 Å². The number of pyridine rings is 1. The van der Waals surface area contributed by atoms with E-state index in [-0.39, 0.29) is 17.0 Å². The Hall–Kier alpha value is -3.08. The van der Waals surface area contributed by atoms with E-state index in [2.05, 4.69) is 54.8 Å². The Kier molecular flexibility index (Phi) is 5.04. The summed E-state index contributed by atoms with van der Waals surface area (Å²) < 4.78 is 1.45. The lowest BCUT2D eigenvalue weighted by Gasteiger charge is -2.26. The van der Waals surface area contributed by atoms with Crippen LogP contribution >= 0.6 is 0 Å². The molecule has 3 aromatic rings. The van der Waals surface area contributed by atoms with Gasteiger partial charge in [-0.1, -0.05) is 56.3 Å². The van der Waals surface area contributed by atoms with Gasteiger partial charge in [0.15, 0.2) is 0 Å². The molecule has 0 aliphatic rings. The second-order valence-electron chi connectivity index (χ2n) is 7.54. The maximum Gasteiger partial charge on any atom is 0.319 e. The minimum atomic E-state index is -0.379. The molecule has 0 radical (unpaired) electrons. The van der Waals surface area contributed by atoms with Gasteiger partial charge in [-0.2, -0.15) is 0 Å². The summed E-state index contributed by atoms with van der Waals surface area (Å²) in [6.45, 7) is 6.42. The molecule has 0 aliphatic heterocycles. The summed E-state index contributed by atoms with van der Waals surface area (Å²) in [5, 5.41) is 7.95. The summed E-state index contributed by atoms with van der Waals surface area (Å²) >= 11 is 0. The third kappa shape index (κ3) is 4.03. The van der Waals surface area contributed by atoms with Gasteiger partial charge in [-0.25, -0.2) is 4.79 Å². The van der Waals surface area contributed by atoms with Crippen molar-refractivity contribution in [3.8, 4) is 0 Å². The van der Waals surface area contributed by atoms with Crippen LogP contribution in [0.2, 0.25) is 0 Å². The molecule has 0 atom stereocenters. The lowest BCUT2D eigenvalue weighted by molar-refractivity contribution is 0.249. The van der Waals surface area contributed by atoms with Crippen molar-refractivity contribution in [2.45, 2.75) is 26.2 Å². The van der Waals surface area contributed by atoms with Crippen molar-refractivity contribution in [3.63, 3.8) is 0 Å². The molecule has 1 heterocycles. The van der Waals surface area contributed by atoms with Crippen LogP contribution in [0.3, 0.4) is 0 Å². The van der Waals surface area contributed by atoms with Crippen molar-refractivity contribution < 1.29 is 4.79 Å². The fourth-order valence-corrected chi connectivity index (χ4v) is 3.04. The first-order valence-corrected chi connectivity index (χ1v) is 8.98. The first-order chi connectivity index (χ1) is 12.8. The molecule has 0 saturated heterocycles. The highest BCUT2D eigenvalue weighted by atomic mass is 16.2. The van der Waals surface area contributed by atoms with Crippen LogP contribution in [0.1, 0.15) is 25.0 Å². The summed E-state index contributed by atoms with van der Waals surface area (Å²) in [7, 11) is 1.66. The van der Waals surface area contributed by atoms with E-state index in [1.165, 1.54) is 15.3 Å². The molecule has 0 aliphatic carbocycles. The van der Waals surface area contributed by atoms with E-state index in [9.17, 15) is 9.59 Å². The third-order valence-electron chi connectivity index (χ3n) is 4.94. The van der Waals surface area contributed by atoms with Gasteiger partial charge >= 0.3 is 6.03 Å². The van der Waals surface area contributed by atoms with Crippen molar-refractivity contribution in [1.29, 1.82) is 0 Å². The SMILES string of the molecule is Cc1ccn(C)c(=O)c1NC(=O)NCC(C)(C)c1ccc2ccccc2c1. The summed E-state index contributed by atoms with van der Waals surface area (Å²) in [4.78, 5) is 24.5. The summed E-state index contributed by atoms with van der Waals surface area (Å²) in [6.07, 6.45) is 1.68. The van der Waals surface area contributed by atoms with E-state index >= 15 is 0 Å². The lowest BCUT2D eigenvalue weighted by Crippen LogP contribution is -2.40. The fraction of sp³-hybridized carbons (Fsp3) is 0.273. The van der Waals surface area contributed by atoms with Gasteiger partial charge < -0.3 is 15.2 Å². The van der Waals surface area contributed by atoms with Crippen LogP contribution in [0.15, 0.2) is 59.5 Å². The number of rotatable bonds is 4. The zero-order chi connectivity index (χ0) is 19.6. The minimum Gasteiger partial charge on any atom is -0.337 e. The van der Waals surface area contributed by atoms with Crippen molar-refractivity contribution in [3.05, 3.63) is 76.2 Å². The number of benzene rings is 2. The number of anilines is 1. The predicted octanol–water partition coefficient (Wildman–Crippen LogP) is 3.95. The van der Waals surface area contributed by atoms with Crippen LogP contribution in [0.4, 0.5) is 10.5 Å². The Labute approximate surface area is 159 Å². The monoisotopic (exact) mass is 363 g/mol. The van der Waals surface area contributed by atoms with E-state index < -0.39 is 0 Å². The zero-order valence-corrected chi connectivity index (χ0v) is 16.2. The first-order valence-electron chi connectivity index (χ1n) is 8.98. The third-order valence-corrected chi connectivity index (χ3v) is 4.94. The van der Waals surface area contributed by atoms with Crippen molar-refractivity contribution >= 4 is 22.5 Å². The van der Waals surface area contributed by atoms with Crippen LogP contribution in [0.5, 0.6) is 0 Å². The number of hydrogen-bond donors (Lipinski definition) is 2. The number of carbonyl (C=O) groups excluding carboxylic acids is 1. The lowest BCUT2D eigenvalue weighted by atomic mass is 9.83. The molecular formula is C22H25N3O2. The Bertz CT molecular complexity index is 1050. The van der Waals surface area contributed by atoms with Crippen LogP contribution < -0.4 is 16.2 Å². The van der Waals surface area contributed by atoms with Gasteiger partial charge in [-0.3, -0.25) is 4.79 Å². The number of hydrogen-bond acceptors (Lipinski definition) is 2. The molecule has 0 saturated carbocycles. The molecule has 2 aromatic carbocycles. The number of nitrogens with one attached hydrogen (secondary N) is 2. The predicted molar refractivity (Wildman–Crippen MR) is 110 cm³/mol. The van der Waals surface area contributed by atoms with Crippen LogP contribution in [-0.4, -0.2) is 17.1 Å². The van der Waals surface area contributed by atoms with Gasteiger partial charge in [0.2, 0.25) is 0 Å². The van der Waals surface area contributed by atoms with Crippen molar-refractivity contribution in [2.75, 3.05) is 11.9 Å². The van der Waals surface area contributed by atoms with Crippen LogP contribution in [0, 0.1) is 6.92 Å². The number of fused-ring (bicyclic) bond motifs is 1. The molecule has 1 aromatic heterocycles. The van der Waals surface area contributed by atoms with Gasteiger partial charge in [0, 0.05) is 25.2 Å². The normalized spacial score (nSPS) is 11.4. The van der Waals surface area contributed by atoms with Crippen molar-refractivity contribution in [2.24, 2.45) is 7.05 Å². The molecular weight excluding hydrogens is 338 g/mol. The highest BCUT2D eigenvalue weighted by Crippen LogP contribution is 2.26. The Balaban J connectivity index is 1.72. The van der Waals surface area contributed by atoms with Gasteiger partial charge in [0.05, 0.1) is 0 Å². The average molecular weight is 363 g/mol. The molecule has 0 bridgehead atoms. The number of carbonyl (C=O) groups is 1. The summed E-state index contributed by atoms with van der Waals surface area (Å²) in [5.74, 6) is 0. The number of aryl methyl sites for hydroxylation is 2. The molecule has 0 unspecified atom stereocenters. The van der Waals surface area contributed by atoms with E-state index in [1.807, 2.05) is 12.1 Å². The topological polar surface area (TPSA) is 63.1 Å². The molecule has 5 nitrogen and oxygen atoms in total. The van der Waals surface area contributed by atoms with Gasteiger partial charge in [-0.05, 0) is 34.9 Å². The second kappa shape index (κ2) is 7.27. The number of amides is 2. The Morgan fingerprint density at radius 3 is 2.52 bits per heavy atom. The highest BCUT2D eigenvalue weighted by molar-refractivity contribution is 5.90. The molecule has 140 valence electrons. The number of nitrogens with zero attached hydrogens (tertiary/aromatic N) is 1. The number of aromatic nitrogens is 1. The van der Waals surface area contributed by atoms with E-state index in [1.54, 1.807) is 26.2 Å². The standard InChI is InChI=1S/C22H25N3O2/c1-15-11-12-25(4)20(26)19(15)24-21(27)23-14-22(2,3)18-10-9-16-7-5-6-8-17(16)13-18/h5-13H,14H2,1-4H3,(H2,23,24,27). The summed E-state index contributed by atoms with van der Waals surface area (Å²) in [5.41, 5.74) is 1.72. The highest BCUT2D eigenvalue weighted by Gasteiger charge is 2.22. The minimum absolute atomic E-state index is 0.223. The molecule has 3 rings (SSSR count). The maximum atomic E-state index is 12.3. The Morgan fingerprint density at radius 2 is 1.78 bits per heavy atom. The van der Waals surface area contributed by atoms with Gasteiger partial charge in [0.1, 0.15) is 5.69 Å². The maximum absolute atomic E-state index is 12.3. The second-order valence-corrected chi connectivity index (χ2v) is 7.54. The quantitative estimate of drug-likeness (QED) is 0.737. The van der Waals surface area contributed by atoms with Gasteiger partial charge in [-0.15, -0.1) is 0 Å². The number of urea groups is 1. The van der Waals surface area contributed by atoms with E-state index in [4.69, 9.17) is 0 Å². The molecule has 2 amide bonds. The zero-order valence-electron chi connectivity index (χ0n) is 16.2. The summed E-state index contributed by atoms with van der Waals surface area (Å²) in [6, 6.07) is 16.0. The molecule has 2 N–H and O–H groups in total. The van der Waals surface area contributed by atoms with Crippen molar-refractivity contribution in [1.82, 2.24) is 9.88 Å². The fourth-order valence-electron chi connectivity index (χ4n) is 3.04. The molecule has 27 heavy (non-hydrogen) atoms. The largest absolute Gasteiger partial charge is 0.337 e.